The fourth-order valence-electron chi connectivity index (χ4n) is 1.27. The largest absolute Gasteiger partial charge is 0.365 e. The zero-order valence-corrected chi connectivity index (χ0v) is 11.8. The first-order chi connectivity index (χ1) is 9.22. The van der Waals surface area contributed by atoms with Crippen LogP contribution in [0, 0.1) is 11.5 Å². The van der Waals surface area contributed by atoms with Crippen molar-refractivity contribution in [2.24, 2.45) is 0 Å². The monoisotopic (exact) mass is 310 g/mol. The highest BCUT2D eigenvalue weighted by Gasteiger charge is 2.15. The second kappa shape index (κ2) is 6.48. The van der Waals surface area contributed by atoms with Crippen LogP contribution in [0.25, 0.3) is 0 Å². The van der Waals surface area contributed by atoms with Gasteiger partial charge in [0, 0.05) is 4.90 Å². The van der Waals surface area contributed by atoms with Crippen molar-refractivity contribution in [2.45, 2.75) is 4.90 Å². The van der Waals surface area contributed by atoms with E-state index in [0.717, 1.165) is 4.90 Å². The summed E-state index contributed by atoms with van der Waals surface area (Å²) in [5.41, 5.74) is 0.593. The lowest BCUT2D eigenvalue weighted by atomic mass is 10.4. The molecule has 0 bridgehead atoms. The number of benzene rings is 1. The molecule has 0 atom stereocenters. The molecular formula is C12H7ClN2O2S2. The van der Waals surface area contributed by atoms with E-state index in [0.29, 0.717) is 15.6 Å². The molecule has 0 saturated carbocycles. The SMILES string of the molecule is N#COC(=O)c1sccc1NSc1ccccc1Cl. The molecule has 19 heavy (non-hydrogen) atoms. The Kier molecular flexibility index (Phi) is 4.68. The van der Waals surface area contributed by atoms with E-state index >= 15 is 0 Å². The van der Waals surface area contributed by atoms with Gasteiger partial charge in [-0.2, -0.15) is 0 Å². The molecule has 1 aromatic carbocycles. The van der Waals surface area contributed by atoms with E-state index in [2.05, 4.69) is 9.46 Å². The Balaban J connectivity index is 2.09. The molecule has 0 fully saturated rings. The van der Waals surface area contributed by atoms with E-state index in [9.17, 15) is 4.79 Å². The van der Waals surface area contributed by atoms with Crippen LogP contribution in [-0.4, -0.2) is 5.97 Å². The molecule has 0 amide bonds. The van der Waals surface area contributed by atoms with Crippen LogP contribution in [0.2, 0.25) is 5.02 Å². The smallest absolute Gasteiger partial charge is 0.346 e. The molecule has 1 N–H and O–H groups in total. The minimum Gasteiger partial charge on any atom is -0.346 e. The normalized spacial score (nSPS) is 9.68. The molecule has 0 saturated heterocycles. The summed E-state index contributed by atoms with van der Waals surface area (Å²) in [6.07, 6.45) is 1.37. The van der Waals surface area contributed by atoms with Crippen molar-refractivity contribution in [1.29, 1.82) is 5.26 Å². The number of hydrogen-bond donors (Lipinski definition) is 1. The van der Waals surface area contributed by atoms with Gasteiger partial charge in [0.2, 0.25) is 0 Å². The van der Waals surface area contributed by atoms with Crippen LogP contribution < -0.4 is 4.72 Å². The van der Waals surface area contributed by atoms with Crippen LogP contribution >= 0.6 is 34.9 Å². The van der Waals surface area contributed by atoms with Crippen LogP contribution in [0.4, 0.5) is 5.69 Å². The number of halogens is 1. The van der Waals surface area contributed by atoms with Crippen LogP contribution in [0.5, 0.6) is 0 Å². The zero-order chi connectivity index (χ0) is 13.7. The van der Waals surface area contributed by atoms with Gasteiger partial charge in [0.1, 0.15) is 4.88 Å². The third-order valence-corrected chi connectivity index (χ3v) is 4.33. The van der Waals surface area contributed by atoms with Gasteiger partial charge < -0.3 is 9.46 Å². The fourth-order valence-corrected chi connectivity index (χ4v) is 3.02. The number of esters is 1. The zero-order valence-electron chi connectivity index (χ0n) is 9.42. The third kappa shape index (κ3) is 3.41. The highest BCUT2D eigenvalue weighted by atomic mass is 35.5. The summed E-state index contributed by atoms with van der Waals surface area (Å²) in [7, 11) is 0. The number of nitrogens with zero attached hydrogens (tertiary/aromatic N) is 1. The Hall–Kier alpha value is -1.68. The minimum absolute atomic E-state index is 0.348. The van der Waals surface area contributed by atoms with Gasteiger partial charge in [-0.25, -0.2) is 4.79 Å². The van der Waals surface area contributed by atoms with E-state index in [4.69, 9.17) is 16.9 Å². The third-order valence-electron chi connectivity index (χ3n) is 2.10. The summed E-state index contributed by atoms with van der Waals surface area (Å²) >= 11 is 8.51. The van der Waals surface area contributed by atoms with Crippen molar-refractivity contribution in [1.82, 2.24) is 0 Å². The highest BCUT2D eigenvalue weighted by Crippen LogP contribution is 2.31. The number of carbonyl (C=O) groups is 1. The second-order valence-electron chi connectivity index (χ2n) is 3.28. The molecule has 2 rings (SSSR count). The van der Waals surface area contributed by atoms with Crippen molar-refractivity contribution in [3.63, 3.8) is 0 Å². The maximum absolute atomic E-state index is 11.5. The van der Waals surface area contributed by atoms with Gasteiger partial charge in [0.15, 0.2) is 0 Å². The average Bonchev–Trinajstić information content (AvgIpc) is 2.86. The molecule has 0 aliphatic carbocycles. The first-order valence-corrected chi connectivity index (χ1v) is 7.15. The first kappa shape index (κ1) is 13.7. The second-order valence-corrected chi connectivity index (χ2v) is 5.45. The summed E-state index contributed by atoms with van der Waals surface area (Å²) in [6, 6.07) is 9.09. The number of thiophene rings is 1. The molecule has 0 aliphatic rings. The number of nitriles is 1. The topological polar surface area (TPSA) is 62.1 Å². The molecule has 0 unspecified atom stereocenters. The van der Waals surface area contributed by atoms with Crippen LogP contribution in [0.15, 0.2) is 40.6 Å². The number of ether oxygens (including phenoxy) is 1. The number of nitrogens with one attached hydrogen (secondary N) is 1. The van der Waals surface area contributed by atoms with E-state index in [-0.39, 0.29) is 0 Å². The Bertz CT molecular complexity index is 637. The fraction of sp³-hybridized carbons (Fsp3) is 0. The summed E-state index contributed by atoms with van der Waals surface area (Å²) in [4.78, 5) is 12.7. The first-order valence-electron chi connectivity index (χ1n) is 5.07. The van der Waals surface area contributed by atoms with Crippen LogP contribution in [-0.2, 0) is 4.74 Å². The molecule has 4 nitrogen and oxygen atoms in total. The standard InChI is InChI=1S/C12H7ClN2O2S2/c13-8-3-1-2-4-10(8)19-15-9-5-6-18-11(9)12(16)17-7-14/h1-6,15H. The van der Waals surface area contributed by atoms with Gasteiger partial charge in [-0.3, -0.25) is 0 Å². The van der Waals surface area contributed by atoms with Gasteiger partial charge >= 0.3 is 5.97 Å². The van der Waals surface area contributed by atoms with Gasteiger partial charge in [0.25, 0.3) is 6.26 Å². The molecule has 2 aromatic rings. The maximum atomic E-state index is 11.5. The van der Waals surface area contributed by atoms with E-state index in [1.165, 1.54) is 29.5 Å². The average molecular weight is 311 g/mol. The number of hydrogen-bond acceptors (Lipinski definition) is 6. The van der Waals surface area contributed by atoms with E-state index in [1.807, 2.05) is 18.2 Å². The predicted molar refractivity (Wildman–Crippen MR) is 76.3 cm³/mol. The number of rotatable bonds is 4. The Morgan fingerprint density at radius 2 is 2.21 bits per heavy atom. The van der Waals surface area contributed by atoms with Crippen LogP contribution in [0.1, 0.15) is 9.67 Å². The molecule has 1 heterocycles. The number of carbonyl (C=O) groups excluding carboxylic acids is 1. The lowest BCUT2D eigenvalue weighted by Crippen LogP contribution is -2.00. The molecule has 0 radical (unpaired) electrons. The minimum atomic E-state index is -0.667. The molecule has 0 spiro atoms. The van der Waals surface area contributed by atoms with Crippen molar-refractivity contribution >= 4 is 46.5 Å². The lowest BCUT2D eigenvalue weighted by Gasteiger charge is -2.06. The van der Waals surface area contributed by atoms with Gasteiger partial charge in [-0.05, 0) is 35.5 Å². The molecule has 7 heteroatoms. The molecule has 0 aliphatic heterocycles. The van der Waals surface area contributed by atoms with Gasteiger partial charge in [0.05, 0.1) is 10.7 Å². The Labute approximate surface area is 123 Å². The van der Waals surface area contributed by atoms with E-state index < -0.39 is 5.97 Å². The summed E-state index contributed by atoms with van der Waals surface area (Å²) in [6.45, 7) is 0. The van der Waals surface area contributed by atoms with Crippen molar-refractivity contribution in [3.05, 3.63) is 45.6 Å². The van der Waals surface area contributed by atoms with Crippen molar-refractivity contribution in [2.75, 3.05) is 4.72 Å². The Morgan fingerprint density at radius 1 is 1.42 bits per heavy atom. The van der Waals surface area contributed by atoms with Crippen LogP contribution in [0.3, 0.4) is 0 Å². The quantitative estimate of drug-likeness (QED) is 0.522. The summed E-state index contributed by atoms with van der Waals surface area (Å²) in [5.74, 6) is -0.667. The van der Waals surface area contributed by atoms with Gasteiger partial charge in [-0.1, -0.05) is 23.7 Å². The van der Waals surface area contributed by atoms with Gasteiger partial charge in [-0.15, -0.1) is 16.6 Å². The summed E-state index contributed by atoms with van der Waals surface area (Å²) < 4.78 is 7.33. The van der Waals surface area contributed by atoms with Crippen molar-refractivity contribution < 1.29 is 9.53 Å². The predicted octanol–water partition coefficient (Wildman–Crippen LogP) is 4.16. The summed E-state index contributed by atoms with van der Waals surface area (Å²) in [5, 5.41) is 10.7. The van der Waals surface area contributed by atoms with E-state index in [1.54, 1.807) is 17.5 Å². The number of anilines is 1. The van der Waals surface area contributed by atoms with Crippen molar-refractivity contribution in [3.8, 4) is 6.26 Å². The lowest BCUT2D eigenvalue weighted by molar-refractivity contribution is 0.0691. The molecule has 1 aromatic heterocycles. The molecular weight excluding hydrogens is 304 g/mol. The molecule has 96 valence electrons. The highest BCUT2D eigenvalue weighted by molar-refractivity contribution is 8.00. The Morgan fingerprint density at radius 3 is 2.95 bits per heavy atom. The maximum Gasteiger partial charge on any atom is 0.365 e.